The quantitative estimate of drug-likeness (QED) is 0.652. The molecule has 3 N–H and O–H groups in total. The van der Waals surface area contributed by atoms with E-state index < -0.39 is 10.0 Å². The van der Waals surface area contributed by atoms with Crippen molar-refractivity contribution in [3.05, 3.63) is 48.5 Å². The number of rotatable bonds is 9. The highest BCUT2D eigenvalue weighted by molar-refractivity contribution is 7.89. The highest BCUT2D eigenvalue weighted by atomic mass is 32.2. The molecule has 0 bridgehead atoms. The van der Waals surface area contributed by atoms with E-state index in [-0.39, 0.29) is 17.2 Å². The van der Waals surface area contributed by atoms with Crippen LogP contribution in [0.1, 0.15) is 19.8 Å². The largest absolute Gasteiger partial charge is 0.494 e. The van der Waals surface area contributed by atoms with Crippen LogP contribution in [0.3, 0.4) is 0 Å². The van der Waals surface area contributed by atoms with Crippen LogP contribution in [-0.2, 0) is 14.8 Å². The summed E-state index contributed by atoms with van der Waals surface area (Å²) in [6.45, 7) is 2.94. The van der Waals surface area contributed by atoms with Crippen molar-refractivity contribution in [1.29, 1.82) is 0 Å². The van der Waals surface area contributed by atoms with Gasteiger partial charge in [0.1, 0.15) is 11.5 Å². The third kappa shape index (κ3) is 6.38. The minimum absolute atomic E-state index is 0.000690. The van der Waals surface area contributed by atoms with E-state index in [0.29, 0.717) is 31.1 Å². The number of ether oxygens (including phenoxy) is 2. The van der Waals surface area contributed by atoms with Crippen molar-refractivity contribution in [1.82, 2.24) is 0 Å². The molecular formula is C18H22N2O5S. The zero-order valence-electron chi connectivity index (χ0n) is 14.5. The maximum absolute atomic E-state index is 11.9. The zero-order valence-corrected chi connectivity index (χ0v) is 15.3. The Morgan fingerprint density at radius 3 is 2.12 bits per heavy atom. The van der Waals surface area contributed by atoms with E-state index in [0.717, 1.165) is 5.75 Å². The van der Waals surface area contributed by atoms with Crippen LogP contribution in [0.5, 0.6) is 11.5 Å². The van der Waals surface area contributed by atoms with Gasteiger partial charge in [-0.1, -0.05) is 0 Å². The Hall–Kier alpha value is -2.58. The fourth-order valence-electron chi connectivity index (χ4n) is 2.17. The van der Waals surface area contributed by atoms with Gasteiger partial charge in [0.15, 0.2) is 0 Å². The SMILES string of the molecule is CCOc1ccc(OCCCC(=O)Nc2ccc(S(N)(=O)=O)cc2)cc1. The van der Waals surface area contributed by atoms with Crippen LogP contribution >= 0.6 is 0 Å². The van der Waals surface area contributed by atoms with E-state index in [1.807, 2.05) is 31.2 Å². The normalized spacial score (nSPS) is 11.0. The lowest BCUT2D eigenvalue weighted by Gasteiger charge is -2.08. The number of nitrogens with two attached hydrogens (primary N) is 1. The Morgan fingerprint density at radius 1 is 1.00 bits per heavy atom. The van der Waals surface area contributed by atoms with Gasteiger partial charge in [-0.15, -0.1) is 0 Å². The number of primary sulfonamides is 1. The van der Waals surface area contributed by atoms with Gasteiger partial charge in [-0.2, -0.15) is 0 Å². The zero-order chi connectivity index (χ0) is 19.0. The molecule has 0 saturated heterocycles. The van der Waals surface area contributed by atoms with Crippen LogP contribution in [0.2, 0.25) is 0 Å². The molecular weight excluding hydrogens is 356 g/mol. The van der Waals surface area contributed by atoms with Crippen molar-refractivity contribution in [3.8, 4) is 11.5 Å². The lowest BCUT2D eigenvalue weighted by molar-refractivity contribution is -0.116. The monoisotopic (exact) mass is 378 g/mol. The number of carbonyl (C=O) groups excluding carboxylic acids is 1. The van der Waals surface area contributed by atoms with E-state index in [9.17, 15) is 13.2 Å². The molecule has 0 saturated carbocycles. The first-order chi connectivity index (χ1) is 12.4. The van der Waals surface area contributed by atoms with Crippen molar-refractivity contribution >= 4 is 21.6 Å². The maximum atomic E-state index is 11.9. The van der Waals surface area contributed by atoms with Gasteiger partial charge >= 0.3 is 0 Å². The van der Waals surface area contributed by atoms with Gasteiger partial charge < -0.3 is 14.8 Å². The van der Waals surface area contributed by atoms with Gasteiger partial charge in [0, 0.05) is 12.1 Å². The van der Waals surface area contributed by atoms with Gasteiger partial charge in [0.2, 0.25) is 15.9 Å². The van der Waals surface area contributed by atoms with E-state index in [1.54, 1.807) is 0 Å². The Balaban J connectivity index is 1.71. The molecule has 0 aliphatic rings. The number of anilines is 1. The Labute approximate surface area is 153 Å². The number of hydrogen-bond donors (Lipinski definition) is 2. The number of amides is 1. The summed E-state index contributed by atoms with van der Waals surface area (Å²) in [4.78, 5) is 11.9. The highest BCUT2D eigenvalue weighted by Gasteiger charge is 2.08. The van der Waals surface area contributed by atoms with Gasteiger partial charge in [-0.25, -0.2) is 13.6 Å². The van der Waals surface area contributed by atoms with Crippen molar-refractivity contribution < 1.29 is 22.7 Å². The fourth-order valence-corrected chi connectivity index (χ4v) is 2.69. The summed E-state index contributed by atoms with van der Waals surface area (Å²) in [6, 6.07) is 13.0. The Morgan fingerprint density at radius 2 is 1.58 bits per heavy atom. The molecule has 0 aliphatic carbocycles. The number of carbonyl (C=O) groups is 1. The van der Waals surface area contributed by atoms with E-state index >= 15 is 0 Å². The second kappa shape index (κ2) is 9.21. The summed E-state index contributed by atoms with van der Waals surface area (Å²) in [5, 5.41) is 7.72. The molecule has 0 radical (unpaired) electrons. The first-order valence-electron chi connectivity index (χ1n) is 8.17. The molecule has 2 rings (SSSR count). The standard InChI is InChI=1S/C18H22N2O5S/c1-2-24-15-7-9-16(10-8-15)25-13-3-4-18(21)20-14-5-11-17(12-6-14)26(19,22)23/h5-12H,2-4,13H2,1H3,(H,20,21)(H2,19,22,23). The molecule has 0 unspecified atom stereocenters. The third-order valence-electron chi connectivity index (χ3n) is 3.42. The van der Waals surface area contributed by atoms with Crippen molar-refractivity contribution in [3.63, 3.8) is 0 Å². The molecule has 0 fully saturated rings. The van der Waals surface area contributed by atoms with E-state index in [1.165, 1.54) is 24.3 Å². The van der Waals surface area contributed by atoms with Crippen LogP contribution in [0, 0.1) is 0 Å². The Kier molecular flexibility index (Phi) is 6.99. The summed E-state index contributed by atoms with van der Waals surface area (Å²) in [6.07, 6.45) is 0.836. The van der Waals surface area contributed by atoms with Crippen LogP contribution in [-0.4, -0.2) is 27.5 Å². The molecule has 1 amide bonds. The summed E-state index contributed by atoms with van der Waals surface area (Å²) < 4.78 is 33.3. The lowest BCUT2D eigenvalue weighted by Crippen LogP contribution is -2.14. The second-order valence-electron chi connectivity index (χ2n) is 5.47. The fraction of sp³-hybridized carbons (Fsp3) is 0.278. The molecule has 0 atom stereocenters. The molecule has 7 nitrogen and oxygen atoms in total. The van der Waals surface area contributed by atoms with Crippen molar-refractivity contribution in [2.24, 2.45) is 5.14 Å². The number of benzene rings is 2. The molecule has 0 aliphatic heterocycles. The van der Waals surface area contributed by atoms with Crippen LogP contribution in [0.25, 0.3) is 0 Å². The molecule has 8 heteroatoms. The lowest BCUT2D eigenvalue weighted by atomic mass is 10.2. The first kappa shape index (κ1) is 19.7. The average Bonchev–Trinajstić information content (AvgIpc) is 2.60. The van der Waals surface area contributed by atoms with Crippen molar-refractivity contribution in [2.75, 3.05) is 18.5 Å². The highest BCUT2D eigenvalue weighted by Crippen LogP contribution is 2.18. The number of hydrogen-bond acceptors (Lipinski definition) is 5. The summed E-state index contributed by atoms with van der Waals surface area (Å²) in [5.74, 6) is 1.32. The van der Waals surface area contributed by atoms with Crippen LogP contribution in [0.4, 0.5) is 5.69 Å². The smallest absolute Gasteiger partial charge is 0.238 e. The molecule has 0 aromatic heterocycles. The second-order valence-corrected chi connectivity index (χ2v) is 7.04. The topological polar surface area (TPSA) is 108 Å². The van der Waals surface area contributed by atoms with E-state index in [4.69, 9.17) is 14.6 Å². The van der Waals surface area contributed by atoms with E-state index in [2.05, 4.69) is 5.32 Å². The molecule has 2 aromatic rings. The molecule has 26 heavy (non-hydrogen) atoms. The minimum atomic E-state index is -3.74. The van der Waals surface area contributed by atoms with Gasteiger partial charge in [0.25, 0.3) is 0 Å². The summed E-state index contributed by atoms with van der Waals surface area (Å²) in [5.41, 5.74) is 0.509. The predicted octanol–water partition coefficient (Wildman–Crippen LogP) is 2.53. The number of nitrogens with one attached hydrogen (secondary N) is 1. The maximum Gasteiger partial charge on any atom is 0.238 e. The van der Waals surface area contributed by atoms with Gasteiger partial charge in [-0.3, -0.25) is 4.79 Å². The molecule has 0 heterocycles. The predicted molar refractivity (Wildman–Crippen MR) is 98.8 cm³/mol. The van der Waals surface area contributed by atoms with Crippen LogP contribution in [0.15, 0.2) is 53.4 Å². The van der Waals surface area contributed by atoms with Gasteiger partial charge in [-0.05, 0) is 61.9 Å². The van der Waals surface area contributed by atoms with Gasteiger partial charge in [0.05, 0.1) is 18.1 Å². The molecule has 0 spiro atoms. The number of sulfonamides is 1. The molecule has 2 aromatic carbocycles. The minimum Gasteiger partial charge on any atom is -0.494 e. The summed E-state index contributed by atoms with van der Waals surface area (Å²) >= 11 is 0. The third-order valence-corrected chi connectivity index (χ3v) is 4.35. The Bertz CT molecular complexity index is 818. The summed E-state index contributed by atoms with van der Waals surface area (Å²) in [7, 11) is -3.74. The molecule has 140 valence electrons. The van der Waals surface area contributed by atoms with Crippen molar-refractivity contribution in [2.45, 2.75) is 24.7 Å². The first-order valence-corrected chi connectivity index (χ1v) is 9.71. The average molecular weight is 378 g/mol. The van der Waals surface area contributed by atoms with Crippen LogP contribution < -0.4 is 19.9 Å².